The summed E-state index contributed by atoms with van der Waals surface area (Å²) in [5, 5.41) is 4.39. The summed E-state index contributed by atoms with van der Waals surface area (Å²) in [5.74, 6) is 0.522. The SMILES string of the molecule is COCCn1ccc(C(=O)N2CC3(C[C@H](COCc4ccccn4)CCN3C)C2)n1. The summed E-state index contributed by atoms with van der Waals surface area (Å²) in [5.41, 5.74) is 1.53. The molecule has 2 fully saturated rings. The Kier molecular flexibility index (Phi) is 6.46. The number of hydrogen-bond donors (Lipinski definition) is 0. The molecule has 2 aromatic heterocycles. The molecule has 0 radical (unpaired) electrons. The minimum absolute atomic E-state index is 0.0127. The predicted octanol–water partition coefficient (Wildman–Crippen LogP) is 1.68. The summed E-state index contributed by atoms with van der Waals surface area (Å²) < 4.78 is 12.8. The molecule has 1 atom stereocenters. The van der Waals surface area contributed by atoms with Gasteiger partial charge in [-0.15, -0.1) is 0 Å². The van der Waals surface area contributed by atoms with Crippen LogP contribution >= 0.6 is 0 Å². The third-order valence-electron chi connectivity index (χ3n) is 6.32. The Morgan fingerprint density at radius 3 is 2.93 bits per heavy atom. The van der Waals surface area contributed by atoms with E-state index in [1.807, 2.05) is 29.3 Å². The molecule has 2 aliphatic heterocycles. The maximum atomic E-state index is 12.8. The number of hydrogen-bond acceptors (Lipinski definition) is 6. The zero-order valence-electron chi connectivity index (χ0n) is 17.9. The van der Waals surface area contributed by atoms with Gasteiger partial charge in [-0.2, -0.15) is 5.10 Å². The van der Waals surface area contributed by atoms with E-state index in [0.29, 0.717) is 31.4 Å². The number of carbonyl (C=O) groups is 1. The van der Waals surface area contributed by atoms with Crippen LogP contribution in [0.5, 0.6) is 0 Å². The highest BCUT2D eigenvalue weighted by Crippen LogP contribution is 2.38. The molecule has 0 N–H and O–H groups in total. The minimum atomic E-state index is 0.0127. The van der Waals surface area contributed by atoms with E-state index in [1.54, 1.807) is 24.1 Å². The molecule has 8 nitrogen and oxygen atoms in total. The number of rotatable bonds is 8. The molecular formula is C22H31N5O3. The molecule has 8 heteroatoms. The summed E-state index contributed by atoms with van der Waals surface area (Å²) in [6.45, 7) is 5.06. The Hall–Kier alpha value is -2.29. The number of pyridine rings is 1. The van der Waals surface area contributed by atoms with Gasteiger partial charge in [0.2, 0.25) is 0 Å². The van der Waals surface area contributed by atoms with Crippen LogP contribution in [0.2, 0.25) is 0 Å². The van der Waals surface area contributed by atoms with Gasteiger partial charge in [0, 0.05) is 32.6 Å². The van der Waals surface area contributed by atoms with E-state index in [9.17, 15) is 4.79 Å². The summed E-state index contributed by atoms with van der Waals surface area (Å²) in [4.78, 5) is 21.5. The van der Waals surface area contributed by atoms with Crippen molar-refractivity contribution in [1.82, 2.24) is 24.6 Å². The fourth-order valence-corrected chi connectivity index (χ4v) is 4.49. The highest BCUT2D eigenvalue weighted by Gasteiger charge is 2.51. The number of nitrogens with zero attached hydrogens (tertiary/aromatic N) is 5. The van der Waals surface area contributed by atoms with E-state index >= 15 is 0 Å². The van der Waals surface area contributed by atoms with Crippen LogP contribution in [0.3, 0.4) is 0 Å². The van der Waals surface area contributed by atoms with Crippen LogP contribution in [0.15, 0.2) is 36.7 Å². The van der Waals surface area contributed by atoms with Crippen LogP contribution in [-0.2, 0) is 22.6 Å². The number of aromatic nitrogens is 3. The molecule has 162 valence electrons. The van der Waals surface area contributed by atoms with Crippen molar-refractivity contribution < 1.29 is 14.3 Å². The van der Waals surface area contributed by atoms with Crippen LogP contribution in [-0.4, -0.2) is 83.0 Å². The first kappa shape index (κ1) is 21.0. The zero-order chi connectivity index (χ0) is 21.0. The van der Waals surface area contributed by atoms with Crippen molar-refractivity contribution in [2.75, 3.05) is 47.0 Å². The Morgan fingerprint density at radius 1 is 1.30 bits per heavy atom. The van der Waals surface area contributed by atoms with Gasteiger partial charge in [-0.3, -0.25) is 19.4 Å². The van der Waals surface area contributed by atoms with Gasteiger partial charge in [0.25, 0.3) is 5.91 Å². The number of methoxy groups -OCH3 is 1. The molecule has 2 aliphatic rings. The Bertz CT molecular complexity index is 834. The molecule has 0 bridgehead atoms. The number of amides is 1. The number of likely N-dealkylation sites (tertiary alicyclic amines) is 2. The van der Waals surface area contributed by atoms with Crippen LogP contribution in [0.4, 0.5) is 0 Å². The third-order valence-corrected chi connectivity index (χ3v) is 6.32. The Balaban J connectivity index is 1.28. The van der Waals surface area contributed by atoms with Crippen LogP contribution < -0.4 is 0 Å². The predicted molar refractivity (Wildman–Crippen MR) is 112 cm³/mol. The zero-order valence-corrected chi connectivity index (χ0v) is 17.9. The lowest BCUT2D eigenvalue weighted by molar-refractivity contribution is -0.0771. The van der Waals surface area contributed by atoms with Gasteiger partial charge in [0.05, 0.1) is 37.6 Å². The molecule has 2 saturated heterocycles. The van der Waals surface area contributed by atoms with Crippen molar-refractivity contribution in [3.05, 3.63) is 48.0 Å². The molecule has 0 saturated carbocycles. The molecule has 4 heterocycles. The van der Waals surface area contributed by atoms with Gasteiger partial charge in [0.1, 0.15) is 5.69 Å². The van der Waals surface area contributed by atoms with E-state index in [-0.39, 0.29) is 11.4 Å². The van der Waals surface area contributed by atoms with Crippen molar-refractivity contribution in [2.24, 2.45) is 5.92 Å². The van der Waals surface area contributed by atoms with Gasteiger partial charge >= 0.3 is 0 Å². The van der Waals surface area contributed by atoms with Gasteiger partial charge in [-0.1, -0.05) is 6.07 Å². The maximum absolute atomic E-state index is 12.8. The van der Waals surface area contributed by atoms with Gasteiger partial charge in [0.15, 0.2) is 0 Å². The normalized spacial score (nSPS) is 21.0. The van der Waals surface area contributed by atoms with E-state index < -0.39 is 0 Å². The smallest absolute Gasteiger partial charge is 0.274 e. The molecule has 4 rings (SSSR count). The average Bonchev–Trinajstić information content (AvgIpc) is 3.21. The maximum Gasteiger partial charge on any atom is 0.274 e. The summed E-state index contributed by atoms with van der Waals surface area (Å²) in [7, 11) is 3.83. The highest BCUT2D eigenvalue weighted by molar-refractivity contribution is 5.93. The number of piperidine rings is 1. The van der Waals surface area contributed by atoms with E-state index in [4.69, 9.17) is 9.47 Å². The Morgan fingerprint density at radius 2 is 2.17 bits per heavy atom. The van der Waals surface area contributed by atoms with Crippen molar-refractivity contribution in [2.45, 2.75) is 31.5 Å². The first-order valence-corrected chi connectivity index (χ1v) is 10.6. The Labute approximate surface area is 177 Å². The fourth-order valence-electron chi connectivity index (χ4n) is 4.49. The largest absolute Gasteiger partial charge is 0.383 e. The molecular weight excluding hydrogens is 382 g/mol. The summed E-state index contributed by atoms with van der Waals surface area (Å²) in [6.07, 6.45) is 5.81. The van der Waals surface area contributed by atoms with Crippen molar-refractivity contribution >= 4 is 5.91 Å². The van der Waals surface area contributed by atoms with E-state index in [0.717, 1.165) is 44.8 Å². The molecule has 1 spiro atoms. The highest BCUT2D eigenvalue weighted by atomic mass is 16.5. The second-order valence-electron chi connectivity index (χ2n) is 8.46. The van der Waals surface area contributed by atoms with E-state index in [1.165, 1.54) is 0 Å². The van der Waals surface area contributed by atoms with E-state index in [2.05, 4.69) is 22.0 Å². The van der Waals surface area contributed by atoms with Crippen molar-refractivity contribution in [3.8, 4) is 0 Å². The summed E-state index contributed by atoms with van der Waals surface area (Å²) in [6, 6.07) is 7.68. The lowest BCUT2D eigenvalue weighted by Gasteiger charge is -2.58. The lowest BCUT2D eigenvalue weighted by atomic mass is 9.75. The quantitative estimate of drug-likeness (QED) is 0.656. The van der Waals surface area contributed by atoms with Crippen LogP contribution in [0.25, 0.3) is 0 Å². The fraction of sp³-hybridized carbons (Fsp3) is 0.591. The first-order valence-electron chi connectivity index (χ1n) is 10.6. The standard InChI is InChI=1S/C22H31N5O3/c1-25-9-6-18(14-30-15-19-5-3-4-8-23-19)13-22(25)16-26(17-22)21(28)20-7-10-27(24-20)11-12-29-2/h3-5,7-8,10,18H,6,9,11-17H2,1-2H3/t18-/m1/s1. The summed E-state index contributed by atoms with van der Waals surface area (Å²) >= 11 is 0. The van der Waals surface area contributed by atoms with Gasteiger partial charge in [-0.25, -0.2) is 0 Å². The number of ether oxygens (including phenoxy) is 2. The number of likely N-dealkylation sites (N-methyl/N-ethyl adjacent to an activating group) is 1. The minimum Gasteiger partial charge on any atom is -0.383 e. The second kappa shape index (κ2) is 9.24. The monoisotopic (exact) mass is 413 g/mol. The topological polar surface area (TPSA) is 72.7 Å². The molecule has 0 aliphatic carbocycles. The second-order valence-corrected chi connectivity index (χ2v) is 8.46. The van der Waals surface area contributed by atoms with Crippen molar-refractivity contribution in [1.29, 1.82) is 0 Å². The van der Waals surface area contributed by atoms with Gasteiger partial charge in [-0.05, 0) is 50.6 Å². The molecule has 1 amide bonds. The lowest BCUT2D eigenvalue weighted by Crippen LogP contribution is -2.72. The van der Waals surface area contributed by atoms with Gasteiger partial charge < -0.3 is 14.4 Å². The van der Waals surface area contributed by atoms with Crippen molar-refractivity contribution in [3.63, 3.8) is 0 Å². The third kappa shape index (κ3) is 4.55. The number of carbonyl (C=O) groups excluding carboxylic acids is 1. The molecule has 2 aromatic rings. The average molecular weight is 414 g/mol. The molecule has 0 unspecified atom stereocenters. The molecule has 30 heavy (non-hydrogen) atoms. The first-order chi connectivity index (χ1) is 14.6. The molecule has 0 aromatic carbocycles. The van der Waals surface area contributed by atoms with Crippen LogP contribution in [0, 0.1) is 5.92 Å². The van der Waals surface area contributed by atoms with Crippen LogP contribution in [0.1, 0.15) is 29.0 Å².